The van der Waals surface area contributed by atoms with Crippen LogP contribution in [0.5, 0.6) is 0 Å². The second-order valence-corrected chi connectivity index (χ2v) is 5.68. The predicted molar refractivity (Wildman–Crippen MR) is 87.5 cm³/mol. The van der Waals surface area contributed by atoms with Gasteiger partial charge in [-0.25, -0.2) is 8.78 Å². The smallest absolute Gasteiger partial charge is 0.123 e. The first-order valence-corrected chi connectivity index (χ1v) is 7.45. The number of halogens is 3. The number of piperidine rings is 1. The standard InChI is InChI=1S/C18H19F2N.ClH/c19-16-5-1-3-14(11-16)18(13-7-9-21-10-8-13)15-4-2-6-17(20)12-15;/h1-6,11-13,18,21H,7-10H2;1H. The highest BCUT2D eigenvalue weighted by molar-refractivity contribution is 5.85. The fourth-order valence-corrected chi connectivity index (χ4v) is 3.31. The average molecular weight is 324 g/mol. The molecule has 1 saturated heterocycles. The zero-order chi connectivity index (χ0) is 14.7. The van der Waals surface area contributed by atoms with Gasteiger partial charge in [-0.2, -0.15) is 0 Å². The molecule has 0 radical (unpaired) electrons. The van der Waals surface area contributed by atoms with Gasteiger partial charge in [0.05, 0.1) is 0 Å². The van der Waals surface area contributed by atoms with Gasteiger partial charge in [-0.15, -0.1) is 12.4 Å². The Morgan fingerprint density at radius 1 is 0.864 bits per heavy atom. The monoisotopic (exact) mass is 323 g/mol. The maximum Gasteiger partial charge on any atom is 0.123 e. The first-order valence-electron chi connectivity index (χ1n) is 7.45. The Kier molecular flexibility index (Phi) is 5.92. The normalized spacial score (nSPS) is 15.6. The van der Waals surface area contributed by atoms with E-state index in [-0.39, 0.29) is 30.0 Å². The van der Waals surface area contributed by atoms with Crippen LogP contribution in [0.25, 0.3) is 0 Å². The highest BCUT2D eigenvalue weighted by Gasteiger charge is 2.27. The van der Waals surface area contributed by atoms with Crippen LogP contribution in [0.1, 0.15) is 29.9 Å². The summed E-state index contributed by atoms with van der Waals surface area (Å²) in [4.78, 5) is 0. The van der Waals surface area contributed by atoms with E-state index in [0.717, 1.165) is 37.1 Å². The number of nitrogens with one attached hydrogen (secondary N) is 1. The molecule has 1 N–H and O–H groups in total. The van der Waals surface area contributed by atoms with Gasteiger partial charge in [0.25, 0.3) is 0 Å². The van der Waals surface area contributed by atoms with E-state index in [0.29, 0.717) is 5.92 Å². The van der Waals surface area contributed by atoms with Gasteiger partial charge in [0.1, 0.15) is 11.6 Å². The van der Waals surface area contributed by atoms with Crippen molar-refractivity contribution in [1.82, 2.24) is 5.32 Å². The van der Waals surface area contributed by atoms with E-state index in [4.69, 9.17) is 0 Å². The van der Waals surface area contributed by atoms with Crippen molar-refractivity contribution in [2.45, 2.75) is 18.8 Å². The fraction of sp³-hybridized carbons (Fsp3) is 0.333. The summed E-state index contributed by atoms with van der Waals surface area (Å²) in [5, 5.41) is 3.35. The van der Waals surface area contributed by atoms with Crippen LogP contribution in [0.3, 0.4) is 0 Å². The first-order chi connectivity index (χ1) is 10.2. The molecule has 1 aliphatic heterocycles. The average Bonchev–Trinajstić information content (AvgIpc) is 2.49. The van der Waals surface area contributed by atoms with E-state index in [2.05, 4.69) is 5.32 Å². The molecule has 1 nitrogen and oxygen atoms in total. The van der Waals surface area contributed by atoms with E-state index in [1.165, 1.54) is 12.1 Å². The SMILES string of the molecule is Cl.Fc1cccc(C(c2cccc(F)c2)C2CCNCC2)c1. The minimum absolute atomic E-state index is 0. The molecule has 1 aliphatic rings. The van der Waals surface area contributed by atoms with Crippen LogP contribution in [0, 0.1) is 17.6 Å². The summed E-state index contributed by atoms with van der Waals surface area (Å²) in [5.74, 6) is -0.000903. The molecule has 0 atom stereocenters. The Morgan fingerprint density at radius 2 is 1.36 bits per heavy atom. The molecule has 1 heterocycles. The Morgan fingerprint density at radius 3 is 1.82 bits per heavy atom. The van der Waals surface area contributed by atoms with Crippen LogP contribution in [0.4, 0.5) is 8.78 Å². The Hall–Kier alpha value is -1.45. The van der Waals surface area contributed by atoms with Crippen LogP contribution in [0.2, 0.25) is 0 Å². The van der Waals surface area contributed by atoms with Gasteiger partial charge in [-0.3, -0.25) is 0 Å². The maximum absolute atomic E-state index is 13.6. The lowest BCUT2D eigenvalue weighted by Gasteiger charge is -2.31. The van der Waals surface area contributed by atoms with Crippen molar-refractivity contribution in [3.05, 3.63) is 71.3 Å². The van der Waals surface area contributed by atoms with Gasteiger partial charge in [0.2, 0.25) is 0 Å². The molecule has 0 amide bonds. The molecule has 0 unspecified atom stereocenters. The van der Waals surface area contributed by atoms with Gasteiger partial charge >= 0.3 is 0 Å². The summed E-state index contributed by atoms with van der Waals surface area (Å²) in [5.41, 5.74) is 1.88. The number of rotatable bonds is 3. The molecular formula is C18H20ClF2N. The van der Waals surface area contributed by atoms with Crippen LogP contribution >= 0.6 is 12.4 Å². The van der Waals surface area contributed by atoms with E-state index >= 15 is 0 Å². The largest absolute Gasteiger partial charge is 0.317 e. The van der Waals surface area contributed by atoms with Crippen molar-refractivity contribution in [1.29, 1.82) is 0 Å². The number of hydrogen-bond donors (Lipinski definition) is 1. The van der Waals surface area contributed by atoms with Crippen molar-refractivity contribution in [2.75, 3.05) is 13.1 Å². The lowest BCUT2D eigenvalue weighted by Crippen LogP contribution is -2.31. The topological polar surface area (TPSA) is 12.0 Å². The molecule has 4 heteroatoms. The summed E-state index contributed by atoms with van der Waals surface area (Å²) in [7, 11) is 0. The molecule has 0 saturated carbocycles. The minimum atomic E-state index is -0.233. The molecule has 2 aromatic carbocycles. The zero-order valence-corrected chi connectivity index (χ0v) is 13.1. The lowest BCUT2D eigenvalue weighted by molar-refractivity contribution is 0.341. The Balaban J connectivity index is 0.00000176. The lowest BCUT2D eigenvalue weighted by atomic mass is 9.76. The van der Waals surface area contributed by atoms with E-state index in [1.807, 2.05) is 12.1 Å². The highest BCUT2D eigenvalue weighted by Crippen LogP contribution is 2.37. The van der Waals surface area contributed by atoms with Gasteiger partial charge in [0, 0.05) is 5.92 Å². The Labute approximate surface area is 136 Å². The van der Waals surface area contributed by atoms with Crippen LogP contribution in [-0.4, -0.2) is 13.1 Å². The maximum atomic E-state index is 13.6. The van der Waals surface area contributed by atoms with Gasteiger partial charge in [0.15, 0.2) is 0 Å². The molecule has 0 aromatic heterocycles. The third-order valence-electron chi connectivity index (χ3n) is 4.27. The quantitative estimate of drug-likeness (QED) is 0.875. The minimum Gasteiger partial charge on any atom is -0.317 e. The van der Waals surface area contributed by atoms with E-state index < -0.39 is 0 Å². The molecule has 118 valence electrons. The van der Waals surface area contributed by atoms with Crippen LogP contribution < -0.4 is 5.32 Å². The molecule has 22 heavy (non-hydrogen) atoms. The first kappa shape index (κ1) is 16.9. The van der Waals surface area contributed by atoms with Gasteiger partial charge in [-0.1, -0.05) is 24.3 Å². The second kappa shape index (κ2) is 7.70. The zero-order valence-electron chi connectivity index (χ0n) is 12.3. The summed E-state index contributed by atoms with van der Waals surface area (Å²) in [6, 6.07) is 13.4. The molecule has 3 rings (SSSR count). The summed E-state index contributed by atoms with van der Waals surface area (Å²) >= 11 is 0. The van der Waals surface area contributed by atoms with E-state index in [1.54, 1.807) is 24.3 Å². The molecule has 0 bridgehead atoms. The van der Waals surface area contributed by atoms with Crippen molar-refractivity contribution in [3.8, 4) is 0 Å². The molecule has 0 spiro atoms. The molecule has 0 aliphatic carbocycles. The molecular weight excluding hydrogens is 304 g/mol. The van der Waals surface area contributed by atoms with Crippen LogP contribution in [-0.2, 0) is 0 Å². The highest BCUT2D eigenvalue weighted by atomic mass is 35.5. The van der Waals surface area contributed by atoms with Crippen molar-refractivity contribution in [2.24, 2.45) is 5.92 Å². The molecule has 2 aromatic rings. The van der Waals surface area contributed by atoms with Gasteiger partial charge < -0.3 is 5.32 Å². The van der Waals surface area contributed by atoms with Crippen LogP contribution in [0.15, 0.2) is 48.5 Å². The summed E-state index contributed by atoms with van der Waals surface area (Å²) in [6.07, 6.45) is 2.05. The number of benzene rings is 2. The fourth-order valence-electron chi connectivity index (χ4n) is 3.31. The summed E-state index contributed by atoms with van der Waals surface area (Å²) < 4.78 is 27.2. The molecule has 1 fully saturated rings. The van der Waals surface area contributed by atoms with Crippen molar-refractivity contribution < 1.29 is 8.78 Å². The number of hydrogen-bond acceptors (Lipinski definition) is 1. The summed E-state index contributed by atoms with van der Waals surface area (Å²) in [6.45, 7) is 1.93. The van der Waals surface area contributed by atoms with Gasteiger partial charge in [-0.05, 0) is 67.2 Å². The van der Waals surface area contributed by atoms with E-state index in [9.17, 15) is 8.78 Å². The van der Waals surface area contributed by atoms with Crippen molar-refractivity contribution in [3.63, 3.8) is 0 Å². The third kappa shape index (κ3) is 3.84. The van der Waals surface area contributed by atoms with Crippen molar-refractivity contribution >= 4 is 12.4 Å². The second-order valence-electron chi connectivity index (χ2n) is 5.68. The Bertz CT molecular complexity index is 566. The predicted octanol–water partition coefficient (Wildman–Crippen LogP) is 4.52. The third-order valence-corrected chi connectivity index (χ3v) is 4.27.